The van der Waals surface area contributed by atoms with E-state index < -0.39 is 0 Å². The largest absolute Gasteiger partial charge is 0.497 e. The Morgan fingerprint density at radius 2 is 1.81 bits per heavy atom. The molecule has 3 N–H and O–H groups in total. The number of aliphatic hydroxyl groups excluding tert-OH is 1. The third-order valence-corrected chi connectivity index (χ3v) is 4.31. The van der Waals surface area contributed by atoms with E-state index in [1.54, 1.807) is 7.11 Å². The Labute approximate surface area is 202 Å². The summed E-state index contributed by atoms with van der Waals surface area (Å²) in [6, 6.07) is 15.7. The molecular formula is C23H34IN3O4. The molecule has 0 heterocycles. The normalized spacial score (nSPS) is 10.9. The first-order valence-corrected chi connectivity index (χ1v) is 10.3. The molecule has 8 heteroatoms. The van der Waals surface area contributed by atoms with Gasteiger partial charge in [0, 0.05) is 31.9 Å². The Bertz CT molecular complexity index is 757. The van der Waals surface area contributed by atoms with Gasteiger partial charge in [-0.15, -0.1) is 24.0 Å². The Kier molecular flexibility index (Phi) is 14.5. The van der Waals surface area contributed by atoms with Gasteiger partial charge in [0.15, 0.2) is 5.96 Å². The van der Waals surface area contributed by atoms with Gasteiger partial charge < -0.3 is 30.0 Å². The van der Waals surface area contributed by atoms with Crippen molar-refractivity contribution in [3.8, 4) is 11.5 Å². The maximum atomic E-state index is 9.02. The van der Waals surface area contributed by atoms with Crippen molar-refractivity contribution >= 4 is 29.9 Å². The van der Waals surface area contributed by atoms with E-state index >= 15 is 0 Å². The van der Waals surface area contributed by atoms with E-state index in [2.05, 4.69) is 10.6 Å². The van der Waals surface area contributed by atoms with E-state index in [1.807, 2.05) is 55.5 Å². The van der Waals surface area contributed by atoms with Crippen LogP contribution < -0.4 is 20.1 Å². The number of hydrogen-bond acceptors (Lipinski definition) is 5. The number of para-hydroxylation sites is 1. The molecule has 0 atom stereocenters. The molecule has 31 heavy (non-hydrogen) atoms. The van der Waals surface area contributed by atoms with Gasteiger partial charge >= 0.3 is 0 Å². The van der Waals surface area contributed by atoms with Crippen LogP contribution in [-0.2, 0) is 17.8 Å². The lowest BCUT2D eigenvalue weighted by Crippen LogP contribution is -2.38. The number of benzene rings is 2. The second-order valence-corrected chi connectivity index (χ2v) is 6.52. The van der Waals surface area contributed by atoms with E-state index in [0.29, 0.717) is 19.7 Å². The van der Waals surface area contributed by atoms with Crippen LogP contribution in [0.3, 0.4) is 0 Å². The molecular weight excluding hydrogens is 509 g/mol. The van der Waals surface area contributed by atoms with Crippen molar-refractivity contribution in [3.63, 3.8) is 0 Å². The molecule has 2 rings (SSSR count). The fraction of sp³-hybridized carbons (Fsp3) is 0.435. The summed E-state index contributed by atoms with van der Waals surface area (Å²) in [6.45, 7) is 5.55. The van der Waals surface area contributed by atoms with Crippen molar-refractivity contribution < 1.29 is 19.3 Å². The Balaban J connectivity index is 0.00000480. The quantitative estimate of drug-likeness (QED) is 0.156. The van der Waals surface area contributed by atoms with Crippen molar-refractivity contribution in [2.24, 2.45) is 4.99 Å². The van der Waals surface area contributed by atoms with E-state index in [9.17, 15) is 0 Å². The van der Waals surface area contributed by atoms with Crippen molar-refractivity contribution in [2.45, 2.75) is 26.4 Å². The predicted octanol–water partition coefficient (Wildman–Crippen LogP) is 3.35. The van der Waals surface area contributed by atoms with E-state index in [0.717, 1.165) is 48.2 Å². The predicted molar refractivity (Wildman–Crippen MR) is 135 cm³/mol. The lowest BCUT2D eigenvalue weighted by molar-refractivity contribution is 0.145. The molecule has 0 amide bonds. The number of halogens is 1. The van der Waals surface area contributed by atoms with Gasteiger partial charge in [0.25, 0.3) is 0 Å². The molecule has 0 saturated heterocycles. The molecule has 0 aromatic heterocycles. The number of aliphatic imine (C=N–C) groups is 1. The number of methoxy groups -OCH3 is 1. The van der Waals surface area contributed by atoms with Crippen LogP contribution in [0, 0.1) is 0 Å². The summed E-state index contributed by atoms with van der Waals surface area (Å²) in [5.41, 5.74) is 2.09. The number of nitrogens with zero attached hydrogens (tertiary/aromatic N) is 1. The molecule has 7 nitrogen and oxygen atoms in total. The fourth-order valence-corrected chi connectivity index (χ4v) is 2.73. The minimum absolute atomic E-state index is 0. The molecule has 0 unspecified atom stereocenters. The van der Waals surface area contributed by atoms with Crippen LogP contribution in [0.5, 0.6) is 11.5 Å². The first kappa shape index (κ1) is 27.0. The van der Waals surface area contributed by atoms with Crippen molar-refractivity contribution in [1.29, 1.82) is 0 Å². The van der Waals surface area contributed by atoms with Crippen LogP contribution in [-0.4, -0.2) is 51.1 Å². The van der Waals surface area contributed by atoms with Gasteiger partial charge in [0.2, 0.25) is 0 Å². The van der Waals surface area contributed by atoms with Crippen LogP contribution in [0.15, 0.2) is 53.5 Å². The summed E-state index contributed by atoms with van der Waals surface area (Å²) in [6.07, 6.45) is 0.896. The summed E-state index contributed by atoms with van der Waals surface area (Å²) < 4.78 is 16.2. The number of hydrogen-bond donors (Lipinski definition) is 3. The standard InChI is InChI=1S/C23H33N3O4.HI/c1-3-29-15-6-13-24-23(25-17-19-9-11-21(28-2)12-10-19)26-18-20-7-4-5-8-22(20)30-16-14-27;/h4-5,7-12,27H,3,6,13-18H2,1-2H3,(H2,24,25,26);1H. The number of guanidine groups is 1. The van der Waals surface area contributed by atoms with Crippen LogP contribution in [0.2, 0.25) is 0 Å². The molecule has 2 aromatic rings. The molecule has 0 aliphatic carbocycles. The van der Waals surface area contributed by atoms with E-state index in [4.69, 9.17) is 24.3 Å². The van der Waals surface area contributed by atoms with E-state index in [1.165, 1.54) is 0 Å². The topological polar surface area (TPSA) is 84.3 Å². The van der Waals surface area contributed by atoms with Gasteiger partial charge in [0.05, 0.1) is 20.3 Å². The number of rotatable bonds is 13. The number of nitrogens with one attached hydrogen (secondary N) is 2. The maximum absolute atomic E-state index is 9.02. The first-order valence-electron chi connectivity index (χ1n) is 10.3. The highest BCUT2D eigenvalue weighted by Crippen LogP contribution is 2.17. The minimum atomic E-state index is -0.0162. The third kappa shape index (κ3) is 10.7. The second-order valence-electron chi connectivity index (χ2n) is 6.52. The SMILES string of the molecule is CCOCCCNC(=NCc1ccc(OC)cc1)NCc1ccccc1OCCO.I. The van der Waals surface area contributed by atoms with Crippen molar-refractivity contribution in [2.75, 3.05) is 40.1 Å². The fourth-order valence-electron chi connectivity index (χ4n) is 2.73. The second kappa shape index (κ2) is 16.6. The van der Waals surface area contributed by atoms with Gasteiger partial charge in [-0.3, -0.25) is 0 Å². The zero-order valence-corrected chi connectivity index (χ0v) is 20.6. The summed E-state index contributed by atoms with van der Waals surface area (Å²) in [4.78, 5) is 4.71. The number of aliphatic hydroxyl groups is 1. The summed E-state index contributed by atoms with van der Waals surface area (Å²) in [5.74, 6) is 2.30. The molecule has 0 spiro atoms. The summed E-state index contributed by atoms with van der Waals surface area (Å²) >= 11 is 0. The Hall–Kier alpha value is -2.04. The first-order chi connectivity index (χ1) is 14.8. The minimum Gasteiger partial charge on any atom is -0.497 e. The number of ether oxygens (including phenoxy) is 3. The van der Waals surface area contributed by atoms with Gasteiger partial charge in [-0.1, -0.05) is 30.3 Å². The van der Waals surface area contributed by atoms with Gasteiger partial charge in [-0.05, 0) is 37.1 Å². The summed E-state index contributed by atoms with van der Waals surface area (Å²) in [5, 5.41) is 15.7. The zero-order chi connectivity index (χ0) is 21.4. The van der Waals surface area contributed by atoms with Crippen molar-refractivity contribution in [3.05, 3.63) is 59.7 Å². The molecule has 172 valence electrons. The Morgan fingerprint density at radius 1 is 1.03 bits per heavy atom. The monoisotopic (exact) mass is 543 g/mol. The molecule has 0 saturated carbocycles. The highest BCUT2D eigenvalue weighted by molar-refractivity contribution is 14.0. The molecule has 0 aliphatic heterocycles. The molecule has 0 fully saturated rings. The average molecular weight is 543 g/mol. The lowest BCUT2D eigenvalue weighted by atomic mass is 10.2. The average Bonchev–Trinajstić information content (AvgIpc) is 2.79. The van der Waals surface area contributed by atoms with E-state index in [-0.39, 0.29) is 37.2 Å². The van der Waals surface area contributed by atoms with Gasteiger partial charge in [-0.25, -0.2) is 4.99 Å². The highest BCUT2D eigenvalue weighted by atomic mass is 127. The zero-order valence-electron chi connectivity index (χ0n) is 18.3. The molecule has 0 aliphatic rings. The molecule has 0 radical (unpaired) electrons. The smallest absolute Gasteiger partial charge is 0.191 e. The highest BCUT2D eigenvalue weighted by Gasteiger charge is 2.05. The maximum Gasteiger partial charge on any atom is 0.191 e. The summed E-state index contributed by atoms with van der Waals surface area (Å²) in [7, 11) is 1.66. The third-order valence-electron chi connectivity index (χ3n) is 4.31. The van der Waals surface area contributed by atoms with Gasteiger partial charge in [-0.2, -0.15) is 0 Å². The van der Waals surface area contributed by atoms with Crippen LogP contribution in [0.1, 0.15) is 24.5 Å². The molecule has 0 bridgehead atoms. The van der Waals surface area contributed by atoms with Crippen LogP contribution in [0.25, 0.3) is 0 Å². The molecule has 2 aromatic carbocycles. The Morgan fingerprint density at radius 3 is 2.52 bits per heavy atom. The van der Waals surface area contributed by atoms with Crippen LogP contribution in [0.4, 0.5) is 0 Å². The van der Waals surface area contributed by atoms with Gasteiger partial charge in [0.1, 0.15) is 18.1 Å². The van der Waals surface area contributed by atoms with Crippen LogP contribution >= 0.6 is 24.0 Å². The van der Waals surface area contributed by atoms with Crippen molar-refractivity contribution in [1.82, 2.24) is 10.6 Å². The lowest BCUT2D eigenvalue weighted by Gasteiger charge is -2.15.